The molecule has 0 radical (unpaired) electrons. The third kappa shape index (κ3) is 2.90. The minimum Gasteiger partial charge on any atom is -0.179 e. The van der Waals surface area contributed by atoms with Crippen molar-refractivity contribution in [3.05, 3.63) is 35.9 Å². The second-order valence-corrected chi connectivity index (χ2v) is 3.62. The Morgan fingerprint density at radius 2 is 1.92 bits per heavy atom. The summed E-state index contributed by atoms with van der Waals surface area (Å²) in [5.74, 6) is 1.68. The van der Waals surface area contributed by atoms with Crippen LogP contribution < -0.4 is 0 Å². The Kier molecular flexibility index (Phi) is 4.23. The minimum atomic E-state index is 0.679. The van der Waals surface area contributed by atoms with Gasteiger partial charge in [0.2, 0.25) is 0 Å². The van der Waals surface area contributed by atoms with Gasteiger partial charge >= 0.3 is 0 Å². The van der Waals surface area contributed by atoms with Gasteiger partial charge in [-0.2, -0.15) is 12.6 Å². The molecule has 0 aliphatic heterocycles. The number of hydrogen-bond acceptors (Lipinski definition) is 1. The van der Waals surface area contributed by atoms with E-state index in [1.54, 1.807) is 0 Å². The van der Waals surface area contributed by atoms with Crippen molar-refractivity contribution in [2.45, 2.75) is 25.7 Å². The molecule has 1 heteroatoms. The zero-order valence-electron chi connectivity index (χ0n) is 7.53. The van der Waals surface area contributed by atoms with E-state index in [4.69, 9.17) is 0 Å². The largest absolute Gasteiger partial charge is 0.179 e. The Bertz CT molecular complexity index is 206. The molecule has 0 aliphatic carbocycles. The Morgan fingerprint density at radius 3 is 2.50 bits per heavy atom. The van der Waals surface area contributed by atoms with E-state index < -0.39 is 0 Å². The maximum atomic E-state index is 4.21. The number of hydrogen-bond donors (Lipinski definition) is 1. The predicted molar refractivity (Wildman–Crippen MR) is 57.9 cm³/mol. The van der Waals surface area contributed by atoms with Crippen LogP contribution in [-0.2, 0) is 0 Å². The van der Waals surface area contributed by atoms with Crippen molar-refractivity contribution in [1.29, 1.82) is 0 Å². The van der Waals surface area contributed by atoms with Crippen LogP contribution in [0.2, 0.25) is 0 Å². The van der Waals surface area contributed by atoms with Crippen LogP contribution in [0.1, 0.15) is 31.2 Å². The van der Waals surface area contributed by atoms with Gasteiger partial charge in [-0.15, -0.1) is 0 Å². The average molecular weight is 180 g/mol. The van der Waals surface area contributed by atoms with E-state index in [1.165, 1.54) is 18.4 Å². The molecule has 66 valence electrons. The van der Waals surface area contributed by atoms with Gasteiger partial charge in [0.05, 0.1) is 0 Å². The lowest BCUT2D eigenvalue weighted by molar-refractivity contribution is 0.670. The monoisotopic (exact) mass is 180 g/mol. The summed E-state index contributed by atoms with van der Waals surface area (Å²) in [7, 11) is 0. The smallest absolute Gasteiger partial charge is 0.00977 e. The molecule has 0 bridgehead atoms. The summed E-state index contributed by atoms with van der Waals surface area (Å²) in [5.41, 5.74) is 1.44. The van der Waals surface area contributed by atoms with Crippen LogP contribution in [0, 0.1) is 0 Å². The van der Waals surface area contributed by atoms with Crippen LogP contribution in [0.15, 0.2) is 30.3 Å². The highest BCUT2D eigenvalue weighted by Crippen LogP contribution is 2.19. The molecule has 0 fully saturated rings. The van der Waals surface area contributed by atoms with Gasteiger partial charge in [-0.25, -0.2) is 0 Å². The lowest BCUT2D eigenvalue weighted by atomic mass is 9.97. The maximum Gasteiger partial charge on any atom is -0.00977 e. The molecule has 0 nitrogen and oxygen atoms in total. The van der Waals surface area contributed by atoms with E-state index in [0.29, 0.717) is 5.92 Å². The first kappa shape index (κ1) is 9.66. The van der Waals surface area contributed by atoms with Crippen molar-refractivity contribution in [3.8, 4) is 0 Å². The molecule has 0 saturated carbocycles. The normalized spacial score (nSPS) is 12.8. The first-order valence-electron chi connectivity index (χ1n) is 4.50. The quantitative estimate of drug-likeness (QED) is 0.674. The summed E-state index contributed by atoms with van der Waals surface area (Å²) in [6.07, 6.45) is 2.45. The zero-order valence-corrected chi connectivity index (χ0v) is 8.43. The van der Waals surface area contributed by atoms with Crippen LogP contribution >= 0.6 is 12.6 Å². The van der Waals surface area contributed by atoms with Crippen molar-refractivity contribution in [2.75, 3.05) is 5.75 Å². The van der Waals surface area contributed by atoms with Gasteiger partial charge in [0.25, 0.3) is 0 Å². The lowest BCUT2D eigenvalue weighted by Crippen LogP contribution is -1.93. The van der Waals surface area contributed by atoms with E-state index in [9.17, 15) is 0 Å². The van der Waals surface area contributed by atoms with E-state index in [2.05, 4.69) is 49.9 Å². The van der Waals surface area contributed by atoms with Crippen LogP contribution in [0.4, 0.5) is 0 Å². The molecular weight excluding hydrogens is 164 g/mol. The summed E-state index contributed by atoms with van der Waals surface area (Å²) in [6.45, 7) is 2.28. The molecular formula is C11H16S. The predicted octanol–water partition coefficient (Wildman–Crippen LogP) is 3.50. The first-order valence-corrected chi connectivity index (χ1v) is 5.13. The van der Waals surface area contributed by atoms with E-state index >= 15 is 0 Å². The highest BCUT2D eigenvalue weighted by molar-refractivity contribution is 7.80. The minimum absolute atomic E-state index is 0.679. The SMILES string of the molecule is C[C@@H](CCCS)c1ccccc1. The third-order valence-corrected chi connectivity index (χ3v) is 2.48. The van der Waals surface area contributed by atoms with Crippen LogP contribution in [-0.4, -0.2) is 5.75 Å². The van der Waals surface area contributed by atoms with E-state index in [0.717, 1.165) is 5.75 Å². The zero-order chi connectivity index (χ0) is 8.81. The summed E-state index contributed by atoms with van der Waals surface area (Å²) in [5, 5.41) is 0. The molecule has 0 aromatic heterocycles. The molecule has 0 aliphatic rings. The van der Waals surface area contributed by atoms with Crippen molar-refractivity contribution in [3.63, 3.8) is 0 Å². The van der Waals surface area contributed by atoms with Crippen molar-refractivity contribution in [1.82, 2.24) is 0 Å². The lowest BCUT2D eigenvalue weighted by Gasteiger charge is -2.09. The van der Waals surface area contributed by atoms with E-state index in [1.807, 2.05) is 0 Å². The molecule has 0 spiro atoms. The van der Waals surface area contributed by atoms with Gasteiger partial charge in [-0.05, 0) is 30.1 Å². The fourth-order valence-electron chi connectivity index (χ4n) is 1.35. The Hall–Kier alpha value is -0.430. The fourth-order valence-corrected chi connectivity index (χ4v) is 1.53. The molecule has 12 heavy (non-hydrogen) atoms. The topological polar surface area (TPSA) is 0 Å². The highest BCUT2D eigenvalue weighted by Gasteiger charge is 2.02. The van der Waals surface area contributed by atoms with Gasteiger partial charge in [0, 0.05) is 0 Å². The molecule has 1 rings (SSSR count). The number of thiol groups is 1. The van der Waals surface area contributed by atoms with Gasteiger partial charge < -0.3 is 0 Å². The highest BCUT2D eigenvalue weighted by atomic mass is 32.1. The average Bonchev–Trinajstić information content (AvgIpc) is 2.15. The van der Waals surface area contributed by atoms with Gasteiger partial charge in [-0.1, -0.05) is 37.3 Å². The van der Waals surface area contributed by atoms with Crippen LogP contribution in [0.5, 0.6) is 0 Å². The van der Waals surface area contributed by atoms with Crippen molar-refractivity contribution in [2.24, 2.45) is 0 Å². The molecule has 1 aromatic carbocycles. The Labute approximate surface area is 80.4 Å². The van der Waals surface area contributed by atoms with Crippen LogP contribution in [0.3, 0.4) is 0 Å². The van der Waals surface area contributed by atoms with E-state index in [-0.39, 0.29) is 0 Å². The Morgan fingerprint density at radius 1 is 1.25 bits per heavy atom. The summed E-state index contributed by atoms with van der Waals surface area (Å²) in [6, 6.07) is 10.7. The first-order chi connectivity index (χ1) is 5.84. The second kappa shape index (κ2) is 5.26. The summed E-state index contributed by atoms with van der Waals surface area (Å²) >= 11 is 4.21. The molecule has 0 amide bonds. The van der Waals surface area contributed by atoms with Crippen molar-refractivity contribution < 1.29 is 0 Å². The third-order valence-electron chi connectivity index (χ3n) is 2.16. The second-order valence-electron chi connectivity index (χ2n) is 3.18. The molecule has 1 aromatic rings. The number of benzene rings is 1. The van der Waals surface area contributed by atoms with Gasteiger partial charge in [0.15, 0.2) is 0 Å². The Balaban J connectivity index is 2.48. The molecule has 0 N–H and O–H groups in total. The van der Waals surface area contributed by atoms with Gasteiger partial charge in [0.1, 0.15) is 0 Å². The molecule has 0 heterocycles. The molecule has 0 unspecified atom stereocenters. The molecule has 0 saturated heterocycles. The maximum absolute atomic E-state index is 4.21. The summed E-state index contributed by atoms with van der Waals surface area (Å²) in [4.78, 5) is 0. The standard InChI is InChI=1S/C11H16S/c1-10(6-5-9-12)11-7-3-2-4-8-11/h2-4,7-8,10,12H,5-6,9H2,1H3/t10-/m0/s1. The molecule has 1 atom stereocenters. The fraction of sp³-hybridized carbons (Fsp3) is 0.455. The number of rotatable bonds is 4. The van der Waals surface area contributed by atoms with Gasteiger partial charge in [-0.3, -0.25) is 0 Å². The van der Waals surface area contributed by atoms with Crippen molar-refractivity contribution >= 4 is 12.6 Å². The van der Waals surface area contributed by atoms with Crippen LogP contribution in [0.25, 0.3) is 0 Å². The summed E-state index contributed by atoms with van der Waals surface area (Å²) < 4.78 is 0.